The molecule has 0 aliphatic rings. The minimum Gasteiger partial charge on any atom is -0.458 e. The highest BCUT2D eigenvalue weighted by atomic mass is 16.5. The van der Waals surface area contributed by atoms with Gasteiger partial charge in [-0.25, -0.2) is 4.79 Å². The highest BCUT2D eigenvalue weighted by molar-refractivity contribution is 5.99. The second kappa shape index (κ2) is 6.47. The maximum absolute atomic E-state index is 12.1. The van der Waals surface area contributed by atoms with Gasteiger partial charge in [0.05, 0.1) is 6.61 Å². The zero-order valence-corrected chi connectivity index (χ0v) is 11.1. The van der Waals surface area contributed by atoms with Crippen LogP contribution in [0.5, 0.6) is 0 Å². The van der Waals surface area contributed by atoms with Crippen molar-refractivity contribution in [2.75, 3.05) is 12.0 Å². The summed E-state index contributed by atoms with van der Waals surface area (Å²) in [7, 11) is 0. The van der Waals surface area contributed by atoms with Gasteiger partial charge in [-0.2, -0.15) is 0 Å². The number of esters is 1. The van der Waals surface area contributed by atoms with E-state index in [0.717, 1.165) is 0 Å². The number of carbonyl (C=O) groups excluding carboxylic acids is 2. The van der Waals surface area contributed by atoms with Gasteiger partial charge in [0.25, 0.3) is 0 Å². The van der Waals surface area contributed by atoms with Crippen molar-refractivity contribution in [2.45, 2.75) is 6.92 Å². The zero-order valence-electron chi connectivity index (χ0n) is 11.1. The summed E-state index contributed by atoms with van der Waals surface area (Å²) in [6.45, 7) is 2.01. The minimum atomic E-state index is -0.485. The largest absolute Gasteiger partial charge is 0.458 e. The number of aromatic nitrogens is 1. The Morgan fingerprint density at radius 3 is 2.50 bits per heavy atom. The molecular formula is C15H15N2O3+. The minimum absolute atomic E-state index is 0.263. The number of nitrogens with one attached hydrogen (secondary N) is 1. The first-order valence-electron chi connectivity index (χ1n) is 6.26. The number of pyridine rings is 1. The Morgan fingerprint density at radius 2 is 1.80 bits per heavy atom. The van der Waals surface area contributed by atoms with E-state index in [9.17, 15) is 9.59 Å². The number of nitrogens with zero attached hydrogens (tertiary/aromatic N) is 1. The van der Waals surface area contributed by atoms with Crippen LogP contribution in [0.15, 0.2) is 54.7 Å². The number of hydrogen-bond acceptors (Lipinski definition) is 3. The molecule has 1 aromatic heterocycles. The molecule has 2 rings (SSSR count). The van der Waals surface area contributed by atoms with Gasteiger partial charge in [-0.3, -0.25) is 4.79 Å². The van der Waals surface area contributed by atoms with Crippen molar-refractivity contribution < 1.29 is 19.0 Å². The number of benzene rings is 1. The molecule has 5 heteroatoms. The Hall–Kier alpha value is -2.69. The molecular weight excluding hydrogens is 256 g/mol. The molecule has 0 aliphatic heterocycles. The summed E-state index contributed by atoms with van der Waals surface area (Å²) in [5.74, 6) is -0.784. The Balaban J connectivity index is 2.21. The van der Waals surface area contributed by atoms with Gasteiger partial charge in [-0.05, 0) is 25.1 Å². The van der Waals surface area contributed by atoms with E-state index in [-0.39, 0.29) is 18.2 Å². The second-order valence-corrected chi connectivity index (χ2v) is 3.98. The Morgan fingerprint density at radius 1 is 1.10 bits per heavy atom. The van der Waals surface area contributed by atoms with Crippen LogP contribution in [0.25, 0.3) is 0 Å². The third kappa shape index (κ3) is 3.20. The fraction of sp³-hybridized carbons (Fsp3) is 0.133. The van der Waals surface area contributed by atoms with E-state index < -0.39 is 5.97 Å². The van der Waals surface area contributed by atoms with Gasteiger partial charge in [0.2, 0.25) is 6.20 Å². The third-order valence-corrected chi connectivity index (χ3v) is 2.60. The summed E-state index contributed by atoms with van der Waals surface area (Å²) >= 11 is 0. The molecule has 0 unspecified atom stereocenters. The van der Waals surface area contributed by atoms with Gasteiger partial charge < -0.3 is 4.74 Å². The van der Waals surface area contributed by atoms with E-state index in [4.69, 9.17) is 4.74 Å². The number of hydrogen-bond donors (Lipinski definition) is 1. The Bertz CT molecular complexity index is 612. The van der Waals surface area contributed by atoms with E-state index in [0.29, 0.717) is 5.56 Å². The summed E-state index contributed by atoms with van der Waals surface area (Å²) in [5, 5.41) is 0. The van der Waals surface area contributed by atoms with Gasteiger partial charge >= 0.3 is 17.6 Å². The second-order valence-electron chi connectivity index (χ2n) is 3.98. The highest BCUT2D eigenvalue weighted by Crippen LogP contribution is 1.99. The lowest BCUT2D eigenvalue weighted by Gasteiger charge is -2.03. The molecule has 2 aromatic rings. The van der Waals surface area contributed by atoms with Crippen molar-refractivity contribution in [2.24, 2.45) is 0 Å². The van der Waals surface area contributed by atoms with Gasteiger partial charge in [-0.1, -0.05) is 22.9 Å². The maximum atomic E-state index is 12.1. The van der Waals surface area contributed by atoms with Crippen molar-refractivity contribution in [3.63, 3.8) is 0 Å². The van der Waals surface area contributed by atoms with Crippen LogP contribution >= 0.6 is 0 Å². The summed E-state index contributed by atoms with van der Waals surface area (Å²) in [5.41, 5.74) is 3.42. The highest BCUT2D eigenvalue weighted by Gasteiger charge is 2.22. The monoisotopic (exact) mass is 271 g/mol. The third-order valence-electron chi connectivity index (χ3n) is 2.60. The number of rotatable bonds is 4. The van der Waals surface area contributed by atoms with Crippen LogP contribution in [-0.2, 0) is 4.74 Å². The van der Waals surface area contributed by atoms with Crippen LogP contribution in [0, 0.1) is 0 Å². The molecule has 1 N–H and O–H groups in total. The summed E-state index contributed by atoms with van der Waals surface area (Å²) in [6, 6.07) is 13.8. The normalized spacial score (nSPS) is 9.85. The average molecular weight is 271 g/mol. The van der Waals surface area contributed by atoms with E-state index >= 15 is 0 Å². The summed E-state index contributed by atoms with van der Waals surface area (Å²) in [6.07, 6.45) is 1.59. The lowest BCUT2D eigenvalue weighted by Crippen LogP contribution is -2.52. The first kappa shape index (κ1) is 13.7. The molecule has 1 heterocycles. The molecule has 0 aliphatic carbocycles. The van der Waals surface area contributed by atoms with Gasteiger partial charge in [-0.15, -0.1) is 5.43 Å². The van der Waals surface area contributed by atoms with Crippen LogP contribution < -0.4 is 10.1 Å². The molecule has 0 atom stereocenters. The number of amides is 1. The molecule has 102 valence electrons. The van der Waals surface area contributed by atoms with Gasteiger partial charge in [0.1, 0.15) is 0 Å². The molecule has 1 aromatic carbocycles. The lowest BCUT2D eigenvalue weighted by atomic mass is 10.2. The zero-order chi connectivity index (χ0) is 14.4. The molecule has 5 nitrogen and oxygen atoms in total. The molecule has 20 heavy (non-hydrogen) atoms. The standard InChI is InChI=1S/C15H14N2O3/c1-2-20-15(19)13-10-6-7-11-17(13)16-14(18)12-8-4-3-5-9-12/h3-11H,2H2,1H3/p+1. The predicted octanol–water partition coefficient (Wildman–Crippen LogP) is 1.53. The van der Waals surface area contributed by atoms with Crippen LogP contribution in [0.3, 0.4) is 0 Å². The molecule has 0 fully saturated rings. The van der Waals surface area contributed by atoms with Crippen LogP contribution in [0.2, 0.25) is 0 Å². The molecule has 0 saturated carbocycles. The van der Waals surface area contributed by atoms with Gasteiger partial charge in [0.15, 0.2) is 0 Å². The SMILES string of the molecule is CCOC(=O)c1cccc[n+]1NC(=O)c1ccccc1. The first-order valence-corrected chi connectivity index (χ1v) is 6.26. The molecule has 0 saturated heterocycles. The van der Waals surface area contributed by atoms with Gasteiger partial charge in [0, 0.05) is 17.7 Å². The number of ether oxygens (including phenoxy) is 1. The average Bonchev–Trinajstić information content (AvgIpc) is 2.49. The molecule has 1 amide bonds. The lowest BCUT2D eigenvalue weighted by molar-refractivity contribution is -0.644. The van der Waals surface area contributed by atoms with Crippen LogP contribution in [-0.4, -0.2) is 18.5 Å². The molecule has 0 spiro atoms. The van der Waals surface area contributed by atoms with Crippen molar-refractivity contribution in [3.05, 3.63) is 66.0 Å². The predicted molar refractivity (Wildman–Crippen MR) is 72.7 cm³/mol. The van der Waals surface area contributed by atoms with Crippen molar-refractivity contribution >= 4 is 11.9 Å². The van der Waals surface area contributed by atoms with Crippen molar-refractivity contribution in [1.82, 2.24) is 0 Å². The smallest absolute Gasteiger partial charge is 0.406 e. The van der Waals surface area contributed by atoms with Crippen molar-refractivity contribution in [1.29, 1.82) is 0 Å². The maximum Gasteiger partial charge on any atom is 0.406 e. The van der Waals surface area contributed by atoms with Crippen LogP contribution in [0.4, 0.5) is 0 Å². The Kier molecular flexibility index (Phi) is 4.44. The fourth-order valence-corrected chi connectivity index (χ4v) is 1.68. The van der Waals surface area contributed by atoms with E-state index in [1.54, 1.807) is 55.6 Å². The quantitative estimate of drug-likeness (QED) is 0.677. The van der Waals surface area contributed by atoms with E-state index in [1.165, 1.54) is 4.68 Å². The van der Waals surface area contributed by atoms with Crippen molar-refractivity contribution in [3.8, 4) is 0 Å². The first-order chi connectivity index (χ1) is 9.72. The number of carbonyl (C=O) groups is 2. The topological polar surface area (TPSA) is 59.3 Å². The van der Waals surface area contributed by atoms with E-state index in [2.05, 4.69) is 5.43 Å². The molecule has 0 bridgehead atoms. The summed E-state index contributed by atoms with van der Waals surface area (Å²) in [4.78, 5) is 23.9. The molecule has 0 radical (unpaired) electrons. The Labute approximate surface area is 116 Å². The summed E-state index contributed by atoms with van der Waals surface area (Å²) < 4.78 is 6.30. The van der Waals surface area contributed by atoms with Crippen LogP contribution in [0.1, 0.15) is 27.8 Å². The fourth-order valence-electron chi connectivity index (χ4n) is 1.68. The van der Waals surface area contributed by atoms with E-state index in [1.807, 2.05) is 6.07 Å².